The van der Waals surface area contributed by atoms with Gasteiger partial charge in [-0.15, -0.1) is 0 Å². The molecule has 3 rings (SSSR count). The lowest BCUT2D eigenvalue weighted by Gasteiger charge is -2.22. The molecular formula is C14H17N3. The van der Waals surface area contributed by atoms with Crippen LogP contribution in [0.4, 0.5) is 11.4 Å². The van der Waals surface area contributed by atoms with Crippen molar-refractivity contribution in [2.24, 2.45) is 0 Å². The summed E-state index contributed by atoms with van der Waals surface area (Å²) in [6.45, 7) is 2.30. The summed E-state index contributed by atoms with van der Waals surface area (Å²) in [7, 11) is 0. The molecule has 2 N–H and O–H groups in total. The van der Waals surface area contributed by atoms with E-state index in [1.807, 2.05) is 24.3 Å². The fourth-order valence-electron chi connectivity index (χ4n) is 2.47. The Morgan fingerprint density at radius 3 is 2.35 bits per heavy atom. The van der Waals surface area contributed by atoms with Gasteiger partial charge in [-0.1, -0.05) is 0 Å². The Hall–Kier alpha value is -1.90. The Bertz CT molecular complexity index is 496. The zero-order valence-electron chi connectivity index (χ0n) is 9.84. The molecule has 3 heteroatoms. The van der Waals surface area contributed by atoms with Crippen molar-refractivity contribution < 1.29 is 0 Å². The van der Waals surface area contributed by atoms with Crippen LogP contribution in [0.25, 0.3) is 5.69 Å². The van der Waals surface area contributed by atoms with Gasteiger partial charge in [-0.3, -0.25) is 0 Å². The molecule has 1 aromatic heterocycles. The van der Waals surface area contributed by atoms with Gasteiger partial charge in [-0.2, -0.15) is 0 Å². The van der Waals surface area contributed by atoms with Gasteiger partial charge in [0.2, 0.25) is 0 Å². The van der Waals surface area contributed by atoms with E-state index in [-0.39, 0.29) is 0 Å². The predicted octanol–water partition coefficient (Wildman–Crippen LogP) is 2.66. The van der Waals surface area contributed by atoms with Crippen molar-refractivity contribution in [1.82, 2.24) is 4.57 Å². The molecule has 0 amide bonds. The average molecular weight is 227 g/mol. The minimum Gasteiger partial charge on any atom is -0.399 e. The highest BCUT2D eigenvalue weighted by Gasteiger charge is 2.16. The molecule has 3 nitrogen and oxygen atoms in total. The van der Waals surface area contributed by atoms with Gasteiger partial charge in [0.15, 0.2) is 0 Å². The maximum Gasteiger partial charge on any atom is 0.0705 e. The highest BCUT2D eigenvalue weighted by molar-refractivity contribution is 5.68. The molecule has 1 fully saturated rings. The first-order valence-corrected chi connectivity index (χ1v) is 6.12. The van der Waals surface area contributed by atoms with E-state index in [0.29, 0.717) is 0 Å². The normalized spacial score (nSPS) is 15.4. The van der Waals surface area contributed by atoms with Crippen molar-refractivity contribution >= 4 is 11.4 Å². The number of benzene rings is 1. The zero-order chi connectivity index (χ0) is 11.7. The lowest BCUT2D eigenvalue weighted by Crippen LogP contribution is -2.19. The van der Waals surface area contributed by atoms with Gasteiger partial charge in [0.25, 0.3) is 0 Å². The van der Waals surface area contributed by atoms with Crippen LogP contribution in [0.5, 0.6) is 0 Å². The molecule has 0 atom stereocenters. The van der Waals surface area contributed by atoms with Gasteiger partial charge in [0, 0.05) is 31.2 Å². The topological polar surface area (TPSA) is 34.2 Å². The molecule has 0 spiro atoms. The number of rotatable bonds is 2. The molecule has 0 radical (unpaired) electrons. The number of nitrogens with zero attached hydrogens (tertiary/aromatic N) is 2. The quantitative estimate of drug-likeness (QED) is 0.800. The van der Waals surface area contributed by atoms with Crippen molar-refractivity contribution in [3.05, 3.63) is 42.7 Å². The molecule has 0 unspecified atom stereocenters. The highest BCUT2D eigenvalue weighted by atomic mass is 15.2. The number of aromatic nitrogens is 1. The zero-order valence-corrected chi connectivity index (χ0v) is 9.84. The first kappa shape index (κ1) is 10.3. The molecule has 1 aromatic carbocycles. The van der Waals surface area contributed by atoms with E-state index < -0.39 is 0 Å². The number of hydrogen-bond acceptors (Lipinski definition) is 2. The first-order valence-electron chi connectivity index (χ1n) is 6.12. The average Bonchev–Trinajstić information content (AvgIpc) is 3.02. The molecule has 17 heavy (non-hydrogen) atoms. The Morgan fingerprint density at radius 1 is 0.941 bits per heavy atom. The molecule has 0 saturated carbocycles. The third-order valence-corrected chi connectivity index (χ3v) is 3.33. The monoisotopic (exact) mass is 227 g/mol. The molecule has 88 valence electrons. The molecular weight excluding hydrogens is 210 g/mol. The number of anilines is 2. The second-order valence-electron chi connectivity index (χ2n) is 4.53. The number of nitrogen functional groups attached to an aromatic ring is 1. The fourth-order valence-corrected chi connectivity index (χ4v) is 2.47. The maximum atomic E-state index is 5.90. The summed E-state index contributed by atoms with van der Waals surface area (Å²) in [6, 6.07) is 10.2. The standard InChI is InChI=1S/C14H17N3/c15-12-5-6-13(16-7-1-2-8-16)14(11-12)17-9-3-4-10-17/h3-6,9-11H,1-2,7-8,15H2. The summed E-state index contributed by atoms with van der Waals surface area (Å²) in [4.78, 5) is 2.44. The van der Waals surface area contributed by atoms with E-state index >= 15 is 0 Å². The first-order chi connectivity index (χ1) is 8.34. The van der Waals surface area contributed by atoms with Crippen molar-refractivity contribution in [2.45, 2.75) is 12.8 Å². The summed E-state index contributed by atoms with van der Waals surface area (Å²) in [5.41, 5.74) is 9.18. The van der Waals surface area contributed by atoms with E-state index in [1.165, 1.54) is 24.2 Å². The Kier molecular flexibility index (Phi) is 2.52. The summed E-state index contributed by atoms with van der Waals surface area (Å²) in [5, 5.41) is 0. The Labute approximate surface area is 101 Å². The van der Waals surface area contributed by atoms with Crippen LogP contribution >= 0.6 is 0 Å². The molecule has 0 bridgehead atoms. The third-order valence-electron chi connectivity index (χ3n) is 3.33. The van der Waals surface area contributed by atoms with Gasteiger partial charge in [-0.25, -0.2) is 0 Å². The van der Waals surface area contributed by atoms with Crippen molar-refractivity contribution in [3.63, 3.8) is 0 Å². The summed E-state index contributed by atoms with van der Waals surface area (Å²) in [6.07, 6.45) is 6.70. The largest absolute Gasteiger partial charge is 0.399 e. The second-order valence-corrected chi connectivity index (χ2v) is 4.53. The van der Waals surface area contributed by atoms with Crippen molar-refractivity contribution in [2.75, 3.05) is 23.7 Å². The van der Waals surface area contributed by atoms with E-state index in [4.69, 9.17) is 5.73 Å². The van der Waals surface area contributed by atoms with E-state index in [0.717, 1.165) is 18.8 Å². The van der Waals surface area contributed by atoms with Crippen LogP contribution in [0.2, 0.25) is 0 Å². The maximum absolute atomic E-state index is 5.90. The van der Waals surface area contributed by atoms with Crippen molar-refractivity contribution in [3.8, 4) is 5.69 Å². The SMILES string of the molecule is Nc1ccc(N2CCCC2)c(-n2cccc2)c1. The van der Waals surface area contributed by atoms with Gasteiger partial charge < -0.3 is 15.2 Å². The lowest BCUT2D eigenvalue weighted by atomic mass is 10.2. The van der Waals surface area contributed by atoms with Crippen LogP contribution in [0.1, 0.15) is 12.8 Å². The van der Waals surface area contributed by atoms with E-state index in [1.54, 1.807) is 0 Å². The molecule has 0 aliphatic carbocycles. The fraction of sp³-hybridized carbons (Fsp3) is 0.286. The van der Waals surface area contributed by atoms with Crippen LogP contribution in [-0.4, -0.2) is 17.7 Å². The molecule has 2 heterocycles. The third kappa shape index (κ3) is 1.88. The second kappa shape index (κ2) is 4.17. The van der Waals surface area contributed by atoms with Crippen LogP contribution in [0, 0.1) is 0 Å². The predicted molar refractivity (Wildman–Crippen MR) is 71.6 cm³/mol. The minimum atomic E-state index is 0.816. The Balaban J connectivity index is 2.08. The highest BCUT2D eigenvalue weighted by Crippen LogP contribution is 2.29. The Morgan fingerprint density at radius 2 is 1.65 bits per heavy atom. The van der Waals surface area contributed by atoms with Crippen LogP contribution in [-0.2, 0) is 0 Å². The van der Waals surface area contributed by atoms with Gasteiger partial charge in [0.05, 0.1) is 11.4 Å². The molecule has 2 aromatic rings. The smallest absolute Gasteiger partial charge is 0.0705 e. The van der Waals surface area contributed by atoms with E-state index in [2.05, 4.69) is 27.9 Å². The van der Waals surface area contributed by atoms with E-state index in [9.17, 15) is 0 Å². The lowest BCUT2D eigenvalue weighted by molar-refractivity contribution is 0.947. The molecule has 1 saturated heterocycles. The number of nitrogens with two attached hydrogens (primary N) is 1. The summed E-state index contributed by atoms with van der Waals surface area (Å²) in [5.74, 6) is 0. The van der Waals surface area contributed by atoms with Crippen LogP contribution < -0.4 is 10.6 Å². The van der Waals surface area contributed by atoms with Gasteiger partial charge in [-0.05, 0) is 43.2 Å². The molecule has 1 aliphatic heterocycles. The van der Waals surface area contributed by atoms with Gasteiger partial charge >= 0.3 is 0 Å². The minimum absolute atomic E-state index is 0.816. The van der Waals surface area contributed by atoms with Crippen molar-refractivity contribution in [1.29, 1.82) is 0 Å². The number of hydrogen-bond donors (Lipinski definition) is 1. The molecule has 1 aliphatic rings. The van der Waals surface area contributed by atoms with Crippen LogP contribution in [0.3, 0.4) is 0 Å². The van der Waals surface area contributed by atoms with Gasteiger partial charge in [0.1, 0.15) is 0 Å². The summed E-state index contributed by atoms with van der Waals surface area (Å²) < 4.78 is 2.13. The summed E-state index contributed by atoms with van der Waals surface area (Å²) >= 11 is 0. The van der Waals surface area contributed by atoms with Crippen LogP contribution in [0.15, 0.2) is 42.7 Å².